The van der Waals surface area contributed by atoms with Crippen LogP contribution in [0.4, 0.5) is 11.6 Å². The van der Waals surface area contributed by atoms with E-state index in [-0.39, 0.29) is 0 Å². The summed E-state index contributed by atoms with van der Waals surface area (Å²) in [5.41, 5.74) is 5.73. The fourth-order valence-corrected chi connectivity index (χ4v) is 3.54. The van der Waals surface area contributed by atoms with Gasteiger partial charge in [-0.25, -0.2) is 4.98 Å². The molecule has 2 aliphatic heterocycles. The fraction of sp³-hybridized carbons (Fsp3) is 0.615. The van der Waals surface area contributed by atoms with Crippen LogP contribution in [0, 0.1) is 0 Å². The maximum Gasteiger partial charge on any atom is 0.147 e. The third kappa shape index (κ3) is 2.76. The van der Waals surface area contributed by atoms with Gasteiger partial charge in [0.1, 0.15) is 11.6 Å². The van der Waals surface area contributed by atoms with Gasteiger partial charge in [0.25, 0.3) is 0 Å². The van der Waals surface area contributed by atoms with Crippen LogP contribution in [0.15, 0.2) is 6.07 Å². The molecule has 3 rings (SSSR count). The molecule has 2 atom stereocenters. The summed E-state index contributed by atoms with van der Waals surface area (Å²) < 4.78 is 0. The molecule has 0 spiro atoms. The Morgan fingerprint density at radius 2 is 2.11 bits per heavy atom. The number of piperidine rings is 1. The molecule has 0 radical (unpaired) electrons. The van der Waals surface area contributed by atoms with Gasteiger partial charge in [0, 0.05) is 18.6 Å². The molecule has 19 heavy (non-hydrogen) atoms. The molecular formula is C13H18Cl2N4. The molecular weight excluding hydrogens is 283 g/mol. The molecule has 1 aromatic rings. The van der Waals surface area contributed by atoms with Crippen molar-refractivity contribution in [3.63, 3.8) is 0 Å². The number of pyridine rings is 1. The molecule has 2 aliphatic rings. The molecule has 6 heteroatoms. The standard InChI is InChI=1S/C13H18Cl2N4/c14-10-7-11(15)13(18-12(10)16)17-8-3-5-19-4-1-2-9(19)6-8/h7-9H,1-6H2,(H3,16,17,18). The van der Waals surface area contributed by atoms with Crippen molar-refractivity contribution in [3.05, 3.63) is 16.1 Å². The van der Waals surface area contributed by atoms with Crippen LogP contribution in [0.25, 0.3) is 0 Å². The van der Waals surface area contributed by atoms with Crippen LogP contribution in [0.3, 0.4) is 0 Å². The van der Waals surface area contributed by atoms with Gasteiger partial charge in [0.2, 0.25) is 0 Å². The van der Waals surface area contributed by atoms with Crippen LogP contribution in [-0.2, 0) is 0 Å². The van der Waals surface area contributed by atoms with E-state index < -0.39 is 0 Å². The van der Waals surface area contributed by atoms with E-state index >= 15 is 0 Å². The highest BCUT2D eigenvalue weighted by atomic mass is 35.5. The number of aromatic nitrogens is 1. The number of halogens is 2. The van der Waals surface area contributed by atoms with Crippen LogP contribution in [-0.4, -0.2) is 35.1 Å². The van der Waals surface area contributed by atoms with Crippen LogP contribution >= 0.6 is 23.2 Å². The lowest BCUT2D eigenvalue weighted by Crippen LogP contribution is -2.42. The zero-order valence-corrected chi connectivity index (χ0v) is 12.2. The SMILES string of the molecule is Nc1nc(NC2CCN3CCCC3C2)c(Cl)cc1Cl. The topological polar surface area (TPSA) is 54.2 Å². The van der Waals surface area contributed by atoms with E-state index in [1.807, 2.05) is 0 Å². The lowest BCUT2D eigenvalue weighted by Gasteiger charge is -2.35. The number of nitrogens with one attached hydrogen (secondary N) is 1. The maximum absolute atomic E-state index is 6.16. The third-order valence-corrected chi connectivity index (χ3v) is 4.71. The maximum atomic E-state index is 6.16. The molecule has 0 aromatic carbocycles. The highest BCUT2D eigenvalue weighted by Crippen LogP contribution is 2.31. The average molecular weight is 301 g/mol. The van der Waals surface area contributed by atoms with Gasteiger partial charge in [-0.2, -0.15) is 0 Å². The first-order valence-corrected chi connectivity index (χ1v) is 7.51. The second kappa shape index (κ2) is 5.35. The van der Waals surface area contributed by atoms with Crippen molar-refractivity contribution in [1.29, 1.82) is 0 Å². The summed E-state index contributed by atoms with van der Waals surface area (Å²) in [7, 11) is 0. The number of rotatable bonds is 2. The number of hydrogen-bond acceptors (Lipinski definition) is 4. The minimum atomic E-state index is 0.326. The minimum absolute atomic E-state index is 0.326. The van der Waals surface area contributed by atoms with Gasteiger partial charge < -0.3 is 16.0 Å². The van der Waals surface area contributed by atoms with Gasteiger partial charge >= 0.3 is 0 Å². The van der Waals surface area contributed by atoms with Crippen molar-refractivity contribution in [1.82, 2.24) is 9.88 Å². The van der Waals surface area contributed by atoms with Crippen LogP contribution < -0.4 is 11.1 Å². The number of hydrogen-bond donors (Lipinski definition) is 2. The number of nitrogen functional groups attached to an aromatic ring is 1. The predicted octanol–water partition coefficient (Wildman–Crippen LogP) is 3.01. The van der Waals surface area contributed by atoms with E-state index in [0.29, 0.717) is 27.7 Å². The number of anilines is 2. The van der Waals surface area contributed by atoms with E-state index in [4.69, 9.17) is 28.9 Å². The third-order valence-electron chi connectivity index (χ3n) is 4.12. The second-order valence-corrected chi connectivity index (χ2v) is 6.20. The van der Waals surface area contributed by atoms with Crippen molar-refractivity contribution >= 4 is 34.8 Å². The summed E-state index contributed by atoms with van der Waals surface area (Å²) >= 11 is 12.1. The Morgan fingerprint density at radius 3 is 2.95 bits per heavy atom. The minimum Gasteiger partial charge on any atom is -0.382 e. The fourth-order valence-electron chi connectivity index (χ4n) is 3.13. The van der Waals surface area contributed by atoms with Crippen LogP contribution in [0.5, 0.6) is 0 Å². The molecule has 0 saturated carbocycles. The van der Waals surface area contributed by atoms with E-state index in [0.717, 1.165) is 25.4 Å². The lowest BCUT2D eigenvalue weighted by molar-refractivity contribution is 0.188. The van der Waals surface area contributed by atoms with Crippen molar-refractivity contribution in [2.45, 2.75) is 37.8 Å². The van der Waals surface area contributed by atoms with Crippen LogP contribution in [0.2, 0.25) is 10.0 Å². The summed E-state index contributed by atoms with van der Waals surface area (Å²) in [6.07, 6.45) is 4.91. The molecule has 0 amide bonds. The molecule has 2 fully saturated rings. The monoisotopic (exact) mass is 300 g/mol. The zero-order valence-electron chi connectivity index (χ0n) is 10.7. The Kier molecular flexibility index (Phi) is 3.74. The van der Waals surface area contributed by atoms with Crippen molar-refractivity contribution in [3.8, 4) is 0 Å². The van der Waals surface area contributed by atoms with Gasteiger partial charge in [-0.1, -0.05) is 23.2 Å². The van der Waals surface area contributed by atoms with E-state index in [1.165, 1.54) is 19.4 Å². The summed E-state index contributed by atoms with van der Waals surface area (Å²) in [5.74, 6) is 0.979. The molecule has 2 unspecified atom stereocenters. The normalized spacial score (nSPS) is 27.3. The Hall–Kier alpha value is -0.710. The molecule has 0 aliphatic carbocycles. The van der Waals surface area contributed by atoms with E-state index in [2.05, 4.69) is 15.2 Å². The Morgan fingerprint density at radius 1 is 1.26 bits per heavy atom. The first-order chi connectivity index (χ1) is 9.13. The summed E-state index contributed by atoms with van der Waals surface area (Å²) in [6, 6.07) is 2.79. The van der Waals surface area contributed by atoms with Crippen LogP contribution in [0.1, 0.15) is 25.7 Å². The summed E-state index contributed by atoms with van der Waals surface area (Å²) in [6.45, 7) is 2.41. The first kappa shape index (κ1) is 13.3. The molecule has 0 bridgehead atoms. The quantitative estimate of drug-likeness (QED) is 0.881. The average Bonchev–Trinajstić information content (AvgIpc) is 2.83. The second-order valence-electron chi connectivity index (χ2n) is 5.38. The highest BCUT2D eigenvalue weighted by molar-refractivity contribution is 6.37. The number of fused-ring (bicyclic) bond motifs is 1. The van der Waals surface area contributed by atoms with E-state index in [1.54, 1.807) is 6.07 Å². The molecule has 1 aromatic heterocycles. The van der Waals surface area contributed by atoms with Gasteiger partial charge in [0.05, 0.1) is 10.0 Å². The van der Waals surface area contributed by atoms with Gasteiger partial charge in [-0.15, -0.1) is 0 Å². The highest BCUT2D eigenvalue weighted by Gasteiger charge is 2.31. The van der Waals surface area contributed by atoms with Crippen molar-refractivity contribution < 1.29 is 0 Å². The van der Waals surface area contributed by atoms with Crippen molar-refractivity contribution in [2.24, 2.45) is 0 Å². The largest absolute Gasteiger partial charge is 0.382 e. The molecule has 2 saturated heterocycles. The lowest BCUT2D eigenvalue weighted by atomic mass is 9.97. The number of nitrogens with zero attached hydrogens (tertiary/aromatic N) is 2. The Labute approximate surface area is 123 Å². The van der Waals surface area contributed by atoms with E-state index in [9.17, 15) is 0 Å². The number of nitrogens with two attached hydrogens (primary N) is 1. The molecule has 3 N–H and O–H groups in total. The Balaban J connectivity index is 1.70. The molecule has 104 valence electrons. The van der Waals surface area contributed by atoms with Gasteiger partial charge in [-0.3, -0.25) is 0 Å². The Bertz CT molecular complexity index is 480. The molecule has 4 nitrogen and oxygen atoms in total. The van der Waals surface area contributed by atoms with Gasteiger partial charge in [0.15, 0.2) is 0 Å². The van der Waals surface area contributed by atoms with Crippen molar-refractivity contribution in [2.75, 3.05) is 24.1 Å². The van der Waals surface area contributed by atoms with Gasteiger partial charge in [-0.05, 0) is 38.3 Å². The summed E-state index contributed by atoms with van der Waals surface area (Å²) in [4.78, 5) is 6.83. The zero-order chi connectivity index (χ0) is 13.4. The smallest absolute Gasteiger partial charge is 0.147 e. The first-order valence-electron chi connectivity index (χ1n) is 6.75. The summed E-state index contributed by atoms with van der Waals surface area (Å²) in [5, 5.41) is 4.36. The predicted molar refractivity (Wildman–Crippen MR) is 79.9 cm³/mol. The molecule has 3 heterocycles.